The Balaban J connectivity index is 1.95. The monoisotopic (exact) mass is 286 g/mol. The molecule has 0 spiro atoms. The minimum absolute atomic E-state index is 0.216. The van der Waals surface area contributed by atoms with Gasteiger partial charge in [-0.25, -0.2) is 9.78 Å². The van der Waals surface area contributed by atoms with E-state index in [2.05, 4.69) is 10.3 Å². The third kappa shape index (κ3) is 4.31. The van der Waals surface area contributed by atoms with Crippen molar-refractivity contribution in [1.29, 1.82) is 0 Å². The Morgan fingerprint density at radius 3 is 2.62 bits per heavy atom. The fraction of sp³-hybridized carbons (Fsp3) is 0.133. The van der Waals surface area contributed by atoms with Gasteiger partial charge in [0.2, 0.25) is 5.89 Å². The highest BCUT2D eigenvalue weighted by Gasteiger charge is 2.07. The molecule has 21 heavy (non-hydrogen) atoms. The maximum atomic E-state index is 11.9. The number of hydrogen-bond acceptors (Lipinski definition) is 4. The Kier molecular flexibility index (Phi) is 4.50. The Bertz CT molecular complexity index is 671. The van der Waals surface area contributed by atoms with Crippen molar-refractivity contribution in [2.45, 2.75) is 13.5 Å². The Morgan fingerprint density at radius 1 is 1.33 bits per heavy atom. The van der Waals surface area contributed by atoms with Crippen LogP contribution in [0, 0.1) is 6.92 Å². The molecule has 6 nitrogen and oxygen atoms in total. The van der Waals surface area contributed by atoms with E-state index in [-0.39, 0.29) is 12.5 Å². The number of amides is 1. The van der Waals surface area contributed by atoms with Crippen LogP contribution in [-0.2, 0) is 11.3 Å². The van der Waals surface area contributed by atoms with Crippen LogP contribution in [0.5, 0.6) is 0 Å². The molecule has 1 aromatic heterocycles. The van der Waals surface area contributed by atoms with Crippen molar-refractivity contribution in [3.05, 3.63) is 59.3 Å². The number of aromatic nitrogens is 1. The molecule has 2 N–H and O–H groups in total. The largest absolute Gasteiger partial charge is 0.478 e. The smallest absolute Gasteiger partial charge is 0.328 e. The van der Waals surface area contributed by atoms with Crippen LogP contribution in [0.1, 0.15) is 27.6 Å². The molecular weight excluding hydrogens is 272 g/mol. The van der Waals surface area contributed by atoms with Crippen molar-refractivity contribution in [2.24, 2.45) is 0 Å². The average molecular weight is 286 g/mol. The zero-order valence-electron chi connectivity index (χ0n) is 11.4. The number of benzene rings is 1. The van der Waals surface area contributed by atoms with Gasteiger partial charge in [0.1, 0.15) is 5.76 Å². The van der Waals surface area contributed by atoms with Crippen LogP contribution in [0.25, 0.3) is 6.08 Å². The van der Waals surface area contributed by atoms with Gasteiger partial charge in [0.25, 0.3) is 5.91 Å². The predicted octanol–water partition coefficient (Wildman–Crippen LogP) is 2.01. The van der Waals surface area contributed by atoms with Gasteiger partial charge in [0.15, 0.2) is 0 Å². The highest BCUT2D eigenvalue weighted by atomic mass is 16.4. The molecule has 1 heterocycles. The van der Waals surface area contributed by atoms with Crippen LogP contribution in [0.2, 0.25) is 0 Å². The minimum atomic E-state index is -1.02. The van der Waals surface area contributed by atoms with Gasteiger partial charge in [0, 0.05) is 11.6 Å². The molecule has 0 fully saturated rings. The van der Waals surface area contributed by atoms with E-state index in [9.17, 15) is 9.59 Å². The quantitative estimate of drug-likeness (QED) is 0.820. The van der Waals surface area contributed by atoms with Crippen LogP contribution < -0.4 is 5.32 Å². The number of carboxylic acid groups (broad SMARTS) is 1. The van der Waals surface area contributed by atoms with Crippen molar-refractivity contribution >= 4 is 18.0 Å². The summed E-state index contributed by atoms with van der Waals surface area (Å²) in [4.78, 5) is 26.3. The second-order valence-electron chi connectivity index (χ2n) is 4.34. The molecule has 0 bridgehead atoms. The number of hydrogen-bond donors (Lipinski definition) is 2. The molecule has 0 aliphatic heterocycles. The zero-order chi connectivity index (χ0) is 15.2. The van der Waals surface area contributed by atoms with Crippen LogP contribution in [0.4, 0.5) is 0 Å². The molecule has 2 rings (SSSR count). The number of nitrogens with zero attached hydrogens (tertiary/aromatic N) is 1. The molecule has 108 valence electrons. The standard InChI is InChI=1S/C15H14N2O4/c1-10-8-16-13(21-10)9-17-15(20)12-5-2-11(3-6-12)4-7-14(18)19/h2-8H,9H2,1H3,(H,17,20)(H,18,19)/b7-4+. The van der Waals surface area contributed by atoms with E-state index < -0.39 is 5.97 Å². The first-order valence-corrected chi connectivity index (χ1v) is 6.25. The fourth-order valence-electron chi connectivity index (χ4n) is 1.65. The topological polar surface area (TPSA) is 92.4 Å². The van der Waals surface area contributed by atoms with E-state index in [4.69, 9.17) is 9.52 Å². The molecule has 2 aromatic rings. The number of carbonyl (C=O) groups is 2. The third-order valence-electron chi connectivity index (χ3n) is 2.66. The molecule has 0 saturated heterocycles. The molecule has 1 amide bonds. The van der Waals surface area contributed by atoms with E-state index in [1.54, 1.807) is 37.4 Å². The summed E-state index contributed by atoms with van der Waals surface area (Å²) in [5, 5.41) is 11.2. The number of oxazole rings is 1. The molecule has 0 saturated carbocycles. The SMILES string of the molecule is Cc1cnc(CNC(=O)c2ccc(/C=C/C(=O)O)cc2)o1. The van der Waals surface area contributed by atoms with E-state index in [0.29, 0.717) is 22.8 Å². The van der Waals surface area contributed by atoms with E-state index in [1.807, 2.05) is 0 Å². The highest BCUT2D eigenvalue weighted by molar-refractivity contribution is 5.94. The molecule has 6 heteroatoms. The van der Waals surface area contributed by atoms with E-state index >= 15 is 0 Å². The Morgan fingerprint density at radius 2 is 2.05 bits per heavy atom. The highest BCUT2D eigenvalue weighted by Crippen LogP contribution is 2.07. The summed E-state index contributed by atoms with van der Waals surface area (Å²) in [5.74, 6) is -0.131. The lowest BCUT2D eigenvalue weighted by Gasteiger charge is -2.03. The van der Waals surface area contributed by atoms with E-state index in [0.717, 1.165) is 6.08 Å². The molecule has 0 aliphatic rings. The molecule has 0 aliphatic carbocycles. The lowest BCUT2D eigenvalue weighted by Crippen LogP contribution is -2.22. The van der Waals surface area contributed by atoms with Gasteiger partial charge in [-0.1, -0.05) is 12.1 Å². The summed E-state index contributed by atoms with van der Waals surface area (Å²) < 4.78 is 5.25. The van der Waals surface area contributed by atoms with Crippen LogP contribution >= 0.6 is 0 Å². The van der Waals surface area contributed by atoms with Crippen LogP contribution in [-0.4, -0.2) is 22.0 Å². The summed E-state index contributed by atoms with van der Waals surface area (Å²) in [6.45, 7) is 2.00. The molecule has 0 radical (unpaired) electrons. The first-order valence-electron chi connectivity index (χ1n) is 6.25. The predicted molar refractivity (Wildman–Crippen MR) is 75.5 cm³/mol. The number of aryl methyl sites for hydroxylation is 1. The number of carboxylic acids is 1. The molecule has 1 aromatic carbocycles. The van der Waals surface area contributed by atoms with Gasteiger partial charge >= 0.3 is 5.97 Å². The van der Waals surface area contributed by atoms with Crippen LogP contribution in [0.3, 0.4) is 0 Å². The zero-order valence-corrected chi connectivity index (χ0v) is 11.4. The molecular formula is C15H14N2O4. The van der Waals surface area contributed by atoms with Crippen molar-refractivity contribution in [1.82, 2.24) is 10.3 Å². The van der Waals surface area contributed by atoms with Crippen molar-refractivity contribution in [2.75, 3.05) is 0 Å². The average Bonchev–Trinajstić information content (AvgIpc) is 2.89. The number of rotatable bonds is 5. The number of carbonyl (C=O) groups excluding carboxylic acids is 1. The maximum absolute atomic E-state index is 11.9. The summed E-state index contributed by atoms with van der Waals surface area (Å²) in [6.07, 6.45) is 4.09. The van der Waals surface area contributed by atoms with Gasteiger partial charge < -0.3 is 14.8 Å². The molecule has 0 unspecified atom stereocenters. The van der Waals surface area contributed by atoms with Gasteiger partial charge in [-0.05, 0) is 30.7 Å². The van der Waals surface area contributed by atoms with Crippen molar-refractivity contribution in [3.8, 4) is 0 Å². The van der Waals surface area contributed by atoms with Gasteiger partial charge in [-0.15, -0.1) is 0 Å². The lowest BCUT2D eigenvalue weighted by molar-refractivity contribution is -0.131. The number of nitrogens with one attached hydrogen (secondary N) is 1. The van der Waals surface area contributed by atoms with Gasteiger partial charge in [-0.2, -0.15) is 0 Å². The Labute approximate surface area is 121 Å². The summed E-state index contributed by atoms with van der Waals surface area (Å²) >= 11 is 0. The lowest BCUT2D eigenvalue weighted by atomic mass is 10.1. The second kappa shape index (κ2) is 6.51. The normalized spacial score (nSPS) is 10.7. The first-order chi connectivity index (χ1) is 10.0. The number of aliphatic carboxylic acids is 1. The summed E-state index contributed by atoms with van der Waals surface area (Å²) in [5.41, 5.74) is 1.18. The third-order valence-corrected chi connectivity index (χ3v) is 2.66. The van der Waals surface area contributed by atoms with Crippen molar-refractivity contribution in [3.63, 3.8) is 0 Å². The minimum Gasteiger partial charge on any atom is -0.478 e. The van der Waals surface area contributed by atoms with Gasteiger partial charge in [-0.3, -0.25) is 4.79 Å². The maximum Gasteiger partial charge on any atom is 0.328 e. The Hall–Kier alpha value is -2.89. The van der Waals surface area contributed by atoms with Gasteiger partial charge in [0.05, 0.1) is 12.7 Å². The van der Waals surface area contributed by atoms with E-state index in [1.165, 1.54) is 6.08 Å². The second-order valence-corrected chi connectivity index (χ2v) is 4.34. The first kappa shape index (κ1) is 14.5. The molecule has 0 atom stereocenters. The summed E-state index contributed by atoms with van der Waals surface area (Å²) in [6, 6.07) is 6.59. The van der Waals surface area contributed by atoms with Crippen molar-refractivity contribution < 1.29 is 19.1 Å². The van der Waals surface area contributed by atoms with Crippen LogP contribution in [0.15, 0.2) is 41.0 Å². The fourth-order valence-corrected chi connectivity index (χ4v) is 1.65. The summed E-state index contributed by atoms with van der Waals surface area (Å²) in [7, 11) is 0.